The van der Waals surface area contributed by atoms with Gasteiger partial charge in [0.25, 0.3) is 0 Å². The summed E-state index contributed by atoms with van der Waals surface area (Å²) in [5, 5.41) is 0. The van der Waals surface area contributed by atoms with E-state index < -0.39 is 0 Å². The van der Waals surface area contributed by atoms with Gasteiger partial charge in [-0.25, -0.2) is 0 Å². The second-order valence-electron chi connectivity index (χ2n) is 4.08. The van der Waals surface area contributed by atoms with Crippen molar-refractivity contribution in [2.24, 2.45) is 5.73 Å². The van der Waals surface area contributed by atoms with E-state index in [9.17, 15) is 0 Å². The highest BCUT2D eigenvalue weighted by Gasteiger charge is 2.14. The largest absolute Gasteiger partial charge is 0.489 e. The van der Waals surface area contributed by atoms with Crippen LogP contribution in [0.5, 0.6) is 11.5 Å². The number of benzene rings is 1. The summed E-state index contributed by atoms with van der Waals surface area (Å²) in [6.45, 7) is 3.97. The summed E-state index contributed by atoms with van der Waals surface area (Å²) in [5.41, 5.74) is 7.79. The molecule has 4 heteroatoms. The molecule has 0 aromatic heterocycles. The van der Waals surface area contributed by atoms with Gasteiger partial charge in [-0.05, 0) is 40.5 Å². The Morgan fingerprint density at radius 2 is 2.18 bits per heavy atom. The molecule has 1 aromatic carbocycles. The van der Waals surface area contributed by atoms with Gasteiger partial charge in [0, 0.05) is 13.0 Å². The molecule has 0 aliphatic carbocycles. The Labute approximate surface area is 110 Å². The summed E-state index contributed by atoms with van der Waals surface area (Å²) in [6, 6.07) is 4.01. The average molecular weight is 298 g/mol. The normalized spacial score (nSPS) is 15.6. The lowest BCUT2D eigenvalue weighted by Gasteiger charge is -2.10. The molecule has 92 valence electrons. The van der Waals surface area contributed by atoms with E-state index in [1.807, 2.05) is 19.1 Å². The van der Waals surface area contributed by atoms with Crippen molar-refractivity contribution < 1.29 is 9.47 Å². The third-order valence-electron chi connectivity index (χ3n) is 2.56. The van der Waals surface area contributed by atoms with Crippen LogP contribution in [0.1, 0.15) is 18.9 Å². The third kappa shape index (κ3) is 3.01. The number of nitrogens with two attached hydrogens (primary N) is 1. The van der Waals surface area contributed by atoms with Gasteiger partial charge in [0.1, 0.15) is 0 Å². The van der Waals surface area contributed by atoms with Crippen LogP contribution in [-0.4, -0.2) is 19.8 Å². The Morgan fingerprint density at radius 3 is 2.94 bits per heavy atom. The molecule has 0 bridgehead atoms. The maximum Gasteiger partial charge on any atom is 0.175 e. The number of ether oxygens (including phenoxy) is 2. The van der Waals surface area contributed by atoms with Crippen LogP contribution >= 0.6 is 15.9 Å². The van der Waals surface area contributed by atoms with Crippen molar-refractivity contribution in [2.75, 3.05) is 19.8 Å². The van der Waals surface area contributed by atoms with Crippen molar-refractivity contribution in [1.29, 1.82) is 0 Å². The van der Waals surface area contributed by atoms with Crippen LogP contribution in [0.4, 0.5) is 0 Å². The maximum atomic E-state index is 5.67. The van der Waals surface area contributed by atoms with E-state index in [0.29, 0.717) is 19.8 Å². The summed E-state index contributed by atoms with van der Waals surface area (Å²) in [4.78, 5) is 0. The van der Waals surface area contributed by atoms with Crippen LogP contribution in [0.25, 0.3) is 6.08 Å². The first-order chi connectivity index (χ1) is 8.20. The molecule has 0 saturated heterocycles. The van der Waals surface area contributed by atoms with Crippen molar-refractivity contribution in [1.82, 2.24) is 0 Å². The van der Waals surface area contributed by atoms with E-state index in [-0.39, 0.29) is 0 Å². The first kappa shape index (κ1) is 12.5. The fraction of sp³-hybridized carbons (Fsp3) is 0.385. The molecule has 1 heterocycles. The second kappa shape index (κ2) is 5.56. The van der Waals surface area contributed by atoms with E-state index in [4.69, 9.17) is 15.2 Å². The minimum atomic E-state index is 0.562. The zero-order valence-corrected chi connectivity index (χ0v) is 11.4. The van der Waals surface area contributed by atoms with Crippen molar-refractivity contribution in [3.8, 4) is 11.5 Å². The first-order valence-corrected chi connectivity index (χ1v) is 6.46. The molecule has 1 aromatic rings. The summed E-state index contributed by atoms with van der Waals surface area (Å²) >= 11 is 3.51. The van der Waals surface area contributed by atoms with Gasteiger partial charge in [-0.2, -0.15) is 0 Å². The highest BCUT2D eigenvalue weighted by molar-refractivity contribution is 9.10. The van der Waals surface area contributed by atoms with Gasteiger partial charge >= 0.3 is 0 Å². The summed E-state index contributed by atoms with van der Waals surface area (Å²) in [7, 11) is 0. The Balaban J connectivity index is 2.38. The van der Waals surface area contributed by atoms with E-state index in [1.54, 1.807) is 0 Å². The van der Waals surface area contributed by atoms with E-state index >= 15 is 0 Å². The highest BCUT2D eigenvalue weighted by Crippen LogP contribution is 2.38. The van der Waals surface area contributed by atoms with Crippen molar-refractivity contribution >= 4 is 22.0 Å². The number of fused-ring (bicyclic) bond motifs is 1. The van der Waals surface area contributed by atoms with Crippen molar-refractivity contribution in [3.05, 3.63) is 27.7 Å². The van der Waals surface area contributed by atoms with Gasteiger partial charge in [0.2, 0.25) is 0 Å². The van der Waals surface area contributed by atoms with Crippen LogP contribution in [0.15, 0.2) is 22.2 Å². The minimum absolute atomic E-state index is 0.562. The molecule has 2 rings (SSSR count). The summed E-state index contributed by atoms with van der Waals surface area (Å²) in [5.74, 6) is 1.60. The third-order valence-corrected chi connectivity index (χ3v) is 3.15. The molecule has 3 nitrogen and oxygen atoms in total. The molecule has 0 atom stereocenters. The molecule has 1 aliphatic heterocycles. The minimum Gasteiger partial charge on any atom is -0.489 e. The molecule has 0 spiro atoms. The maximum absolute atomic E-state index is 5.67. The fourth-order valence-corrected chi connectivity index (χ4v) is 2.25. The smallest absolute Gasteiger partial charge is 0.175 e. The molecule has 0 unspecified atom stereocenters. The molecular formula is C13H16BrNO2. The van der Waals surface area contributed by atoms with E-state index in [2.05, 4.69) is 22.0 Å². The Bertz CT molecular complexity index is 443. The van der Waals surface area contributed by atoms with Gasteiger partial charge in [-0.15, -0.1) is 0 Å². The summed E-state index contributed by atoms with van der Waals surface area (Å²) < 4.78 is 12.2. The molecule has 0 radical (unpaired) electrons. The number of hydrogen-bond donors (Lipinski definition) is 1. The lowest BCUT2D eigenvalue weighted by molar-refractivity contribution is 0.296. The monoisotopic (exact) mass is 297 g/mol. The van der Waals surface area contributed by atoms with Crippen LogP contribution in [0.2, 0.25) is 0 Å². The quantitative estimate of drug-likeness (QED) is 0.913. The highest BCUT2D eigenvalue weighted by atomic mass is 79.9. The lowest BCUT2D eigenvalue weighted by Crippen LogP contribution is -1.99. The number of hydrogen-bond acceptors (Lipinski definition) is 3. The Morgan fingerprint density at radius 1 is 1.41 bits per heavy atom. The molecule has 2 N–H and O–H groups in total. The number of rotatable bonds is 2. The molecule has 0 fully saturated rings. The molecule has 0 saturated carbocycles. The topological polar surface area (TPSA) is 44.5 Å². The molecule has 17 heavy (non-hydrogen) atoms. The van der Waals surface area contributed by atoms with Gasteiger partial charge in [0.15, 0.2) is 11.5 Å². The van der Waals surface area contributed by atoms with Crippen LogP contribution in [0.3, 0.4) is 0 Å². The zero-order valence-electron chi connectivity index (χ0n) is 9.83. The molecular weight excluding hydrogens is 282 g/mol. The first-order valence-electron chi connectivity index (χ1n) is 5.67. The average Bonchev–Trinajstić information content (AvgIpc) is 2.54. The lowest BCUT2D eigenvalue weighted by atomic mass is 10.1. The standard InChI is InChI=1S/C13H16BrNO2/c1-9(8-15)5-10-6-11(14)13-12(7-10)16-3-2-4-17-13/h5-7H,2-4,8,15H2,1H3. The van der Waals surface area contributed by atoms with Gasteiger partial charge in [0.05, 0.1) is 17.7 Å². The molecule has 1 aliphatic rings. The number of halogens is 1. The molecule has 0 amide bonds. The van der Waals surface area contributed by atoms with Gasteiger partial charge in [-0.1, -0.05) is 11.6 Å². The van der Waals surface area contributed by atoms with Crippen LogP contribution < -0.4 is 15.2 Å². The van der Waals surface area contributed by atoms with Crippen LogP contribution in [0, 0.1) is 0 Å². The predicted octanol–water partition coefficient (Wildman–Crippen LogP) is 2.97. The Hall–Kier alpha value is -1.00. The van der Waals surface area contributed by atoms with Crippen molar-refractivity contribution in [3.63, 3.8) is 0 Å². The van der Waals surface area contributed by atoms with E-state index in [1.165, 1.54) is 0 Å². The summed E-state index contributed by atoms with van der Waals surface area (Å²) in [6.07, 6.45) is 2.97. The van der Waals surface area contributed by atoms with E-state index in [0.717, 1.165) is 33.5 Å². The van der Waals surface area contributed by atoms with Crippen molar-refractivity contribution in [2.45, 2.75) is 13.3 Å². The Kier molecular flexibility index (Phi) is 4.07. The van der Waals surface area contributed by atoms with Gasteiger partial charge < -0.3 is 15.2 Å². The second-order valence-corrected chi connectivity index (χ2v) is 4.93. The van der Waals surface area contributed by atoms with Gasteiger partial charge in [-0.3, -0.25) is 0 Å². The predicted molar refractivity (Wildman–Crippen MR) is 72.5 cm³/mol. The van der Waals surface area contributed by atoms with Crippen LogP contribution in [-0.2, 0) is 0 Å². The SMILES string of the molecule is CC(=Cc1cc(Br)c2c(c1)OCCCO2)CN. The fourth-order valence-electron chi connectivity index (χ4n) is 1.68. The zero-order chi connectivity index (χ0) is 12.3.